The van der Waals surface area contributed by atoms with E-state index in [0.717, 1.165) is 16.5 Å². The van der Waals surface area contributed by atoms with Crippen LogP contribution in [0.5, 0.6) is 0 Å². The Morgan fingerprint density at radius 1 is 1.55 bits per heavy atom. The summed E-state index contributed by atoms with van der Waals surface area (Å²) in [6.07, 6.45) is 3.02. The SMILES string of the molecule is Bc1c[nH]c2ncc(F)cc12. The van der Waals surface area contributed by atoms with Gasteiger partial charge in [0.15, 0.2) is 0 Å². The zero-order valence-electron chi connectivity index (χ0n) is 6.06. The third-order valence-corrected chi connectivity index (χ3v) is 1.70. The molecule has 2 nitrogen and oxygen atoms in total. The maximum Gasteiger partial charge on any atom is 0.142 e. The molecule has 0 bridgehead atoms. The van der Waals surface area contributed by atoms with Crippen LogP contribution in [0.25, 0.3) is 11.0 Å². The summed E-state index contributed by atoms with van der Waals surface area (Å²) in [6, 6.07) is 1.48. The van der Waals surface area contributed by atoms with Gasteiger partial charge in [-0.25, -0.2) is 9.37 Å². The van der Waals surface area contributed by atoms with Crippen molar-refractivity contribution >= 4 is 24.3 Å². The van der Waals surface area contributed by atoms with E-state index >= 15 is 0 Å². The number of nitrogens with zero attached hydrogens (tertiary/aromatic N) is 1. The summed E-state index contributed by atoms with van der Waals surface area (Å²) in [7, 11) is 1.92. The minimum absolute atomic E-state index is 0.291. The van der Waals surface area contributed by atoms with Crippen molar-refractivity contribution in [3.8, 4) is 0 Å². The Balaban J connectivity index is 2.87. The number of hydrogen-bond donors (Lipinski definition) is 1. The molecule has 0 atom stereocenters. The van der Waals surface area contributed by atoms with Crippen LogP contribution in [-0.4, -0.2) is 17.8 Å². The van der Waals surface area contributed by atoms with Crippen LogP contribution >= 0.6 is 0 Å². The lowest BCUT2D eigenvalue weighted by Crippen LogP contribution is -1.97. The fraction of sp³-hybridized carbons (Fsp3) is 0. The summed E-state index contributed by atoms with van der Waals surface area (Å²) in [5, 5.41) is 0.852. The summed E-state index contributed by atoms with van der Waals surface area (Å²) in [5.74, 6) is -0.291. The highest BCUT2D eigenvalue weighted by molar-refractivity contribution is 6.38. The van der Waals surface area contributed by atoms with Crippen molar-refractivity contribution in [2.24, 2.45) is 0 Å². The van der Waals surface area contributed by atoms with E-state index in [1.807, 2.05) is 14.0 Å². The first kappa shape index (κ1) is 6.40. The van der Waals surface area contributed by atoms with Gasteiger partial charge in [0.1, 0.15) is 19.3 Å². The Morgan fingerprint density at radius 3 is 3.18 bits per heavy atom. The molecule has 0 aliphatic carbocycles. The largest absolute Gasteiger partial charge is 0.347 e. The van der Waals surface area contributed by atoms with Crippen LogP contribution < -0.4 is 5.46 Å². The van der Waals surface area contributed by atoms with Gasteiger partial charge >= 0.3 is 0 Å². The van der Waals surface area contributed by atoms with E-state index in [1.54, 1.807) is 0 Å². The van der Waals surface area contributed by atoms with Gasteiger partial charge in [-0.15, -0.1) is 0 Å². The molecule has 0 spiro atoms. The van der Waals surface area contributed by atoms with E-state index < -0.39 is 0 Å². The first-order valence-corrected chi connectivity index (χ1v) is 3.36. The third kappa shape index (κ3) is 0.907. The second-order valence-electron chi connectivity index (χ2n) is 2.52. The number of aromatic amines is 1. The van der Waals surface area contributed by atoms with Crippen LogP contribution in [0.4, 0.5) is 4.39 Å². The van der Waals surface area contributed by atoms with Gasteiger partial charge in [0, 0.05) is 5.39 Å². The Hall–Kier alpha value is -1.32. The molecule has 2 rings (SSSR count). The van der Waals surface area contributed by atoms with Gasteiger partial charge in [-0.05, 0) is 12.3 Å². The van der Waals surface area contributed by atoms with E-state index in [-0.39, 0.29) is 5.82 Å². The molecule has 0 aromatic carbocycles. The summed E-state index contributed by atoms with van der Waals surface area (Å²) < 4.78 is 12.6. The molecule has 0 radical (unpaired) electrons. The summed E-state index contributed by atoms with van der Waals surface area (Å²) in [4.78, 5) is 6.81. The number of rotatable bonds is 0. The molecular formula is C7H6BFN2. The minimum atomic E-state index is -0.291. The molecule has 54 valence electrons. The lowest BCUT2D eigenvalue weighted by molar-refractivity contribution is 0.624. The van der Waals surface area contributed by atoms with Crippen molar-refractivity contribution in [1.82, 2.24) is 9.97 Å². The first-order valence-electron chi connectivity index (χ1n) is 3.36. The van der Waals surface area contributed by atoms with Crippen molar-refractivity contribution in [2.45, 2.75) is 0 Å². The summed E-state index contributed by atoms with van der Waals surface area (Å²) in [5.41, 5.74) is 1.76. The molecule has 4 heteroatoms. The number of pyridine rings is 1. The van der Waals surface area contributed by atoms with Gasteiger partial charge in [0.05, 0.1) is 6.20 Å². The summed E-state index contributed by atoms with van der Waals surface area (Å²) >= 11 is 0. The third-order valence-electron chi connectivity index (χ3n) is 1.70. The lowest BCUT2D eigenvalue weighted by atomic mass is 9.97. The zero-order valence-corrected chi connectivity index (χ0v) is 6.06. The maximum atomic E-state index is 12.6. The van der Waals surface area contributed by atoms with Crippen molar-refractivity contribution in [3.63, 3.8) is 0 Å². The zero-order chi connectivity index (χ0) is 7.84. The molecule has 0 unspecified atom stereocenters. The van der Waals surface area contributed by atoms with Gasteiger partial charge in [0.2, 0.25) is 0 Å². The number of halogens is 1. The standard InChI is InChI=1S/C7H6BFN2/c8-6-3-11-7-5(6)1-4(9)2-10-7/h1-3H,8H2,(H,10,11). The Kier molecular flexibility index (Phi) is 1.21. The topological polar surface area (TPSA) is 28.7 Å². The van der Waals surface area contributed by atoms with Crippen LogP contribution in [0.1, 0.15) is 0 Å². The minimum Gasteiger partial charge on any atom is -0.347 e. The molecule has 2 aromatic heterocycles. The average molecular weight is 148 g/mol. The predicted octanol–water partition coefficient (Wildman–Crippen LogP) is -0.0396. The fourth-order valence-corrected chi connectivity index (χ4v) is 1.11. The Labute approximate surface area is 63.9 Å². The molecule has 11 heavy (non-hydrogen) atoms. The maximum absolute atomic E-state index is 12.6. The van der Waals surface area contributed by atoms with Gasteiger partial charge in [0.25, 0.3) is 0 Å². The normalized spacial score (nSPS) is 10.6. The molecule has 2 heterocycles. The molecule has 0 saturated carbocycles. The van der Waals surface area contributed by atoms with Crippen molar-refractivity contribution in [1.29, 1.82) is 0 Å². The number of H-pyrrole nitrogens is 1. The van der Waals surface area contributed by atoms with Gasteiger partial charge in [-0.3, -0.25) is 0 Å². The molecule has 0 amide bonds. The van der Waals surface area contributed by atoms with Gasteiger partial charge in [-0.1, -0.05) is 5.46 Å². The van der Waals surface area contributed by atoms with Crippen LogP contribution in [0, 0.1) is 5.82 Å². The number of aromatic nitrogens is 2. The van der Waals surface area contributed by atoms with Crippen LogP contribution in [0.15, 0.2) is 18.5 Å². The molecule has 0 aliphatic rings. The van der Waals surface area contributed by atoms with E-state index in [0.29, 0.717) is 0 Å². The Morgan fingerprint density at radius 2 is 2.36 bits per heavy atom. The Bertz CT molecular complexity index is 396. The quantitative estimate of drug-likeness (QED) is 0.521. The second-order valence-corrected chi connectivity index (χ2v) is 2.52. The van der Waals surface area contributed by atoms with E-state index in [9.17, 15) is 4.39 Å². The van der Waals surface area contributed by atoms with Crippen molar-refractivity contribution in [2.75, 3.05) is 0 Å². The number of hydrogen-bond acceptors (Lipinski definition) is 1. The highest BCUT2D eigenvalue weighted by Crippen LogP contribution is 2.06. The van der Waals surface area contributed by atoms with Crippen LogP contribution in [0.2, 0.25) is 0 Å². The van der Waals surface area contributed by atoms with Gasteiger partial charge < -0.3 is 4.98 Å². The molecule has 1 N–H and O–H groups in total. The van der Waals surface area contributed by atoms with E-state index in [4.69, 9.17) is 0 Å². The highest BCUT2D eigenvalue weighted by atomic mass is 19.1. The van der Waals surface area contributed by atoms with E-state index in [1.165, 1.54) is 12.3 Å². The molecule has 0 aliphatic heterocycles. The number of fused-ring (bicyclic) bond motifs is 1. The lowest BCUT2D eigenvalue weighted by Gasteiger charge is -1.89. The molecule has 2 aromatic rings. The molecule has 0 fully saturated rings. The van der Waals surface area contributed by atoms with Crippen molar-refractivity contribution < 1.29 is 4.39 Å². The first-order chi connectivity index (χ1) is 5.27. The summed E-state index contributed by atoms with van der Waals surface area (Å²) in [6.45, 7) is 0. The smallest absolute Gasteiger partial charge is 0.142 e. The van der Waals surface area contributed by atoms with Crippen LogP contribution in [0.3, 0.4) is 0 Å². The van der Waals surface area contributed by atoms with Crippen LogP contribution in [-0.2, 0) is 0 Å². The fourth-order valence-electron chi connectivity index (χ4n) is 1.11. The monoisotopic (exact) mass is 148 g/mol. The molecular weight excluding hydrogens is 142 g/mol. The predicted molar refractivity (Wildman–Crippen MR) is 44.2 cm³/mol. The average Bonchev–Trinajstić information content (AvgIpc) is 2.33. The van der Waals surface area contributed by atoms with Gasteiger partial charge in [-0.2, -0.15) is 0 Å². The van der Waals surface area contributed by atoms with E-state index in [2.05, 4.69) is 9.97 Å². The van der Waals surface area contributed by atoms with Crippen molar-refractivity contribution in [3.05, 3.63) is 24.3 Å². The highest BCUT2D eigenvalue weighted by Gasteiger charge is 2.00. The second kappa shape index (κ2) is 2.08. The number of nitrogens with one attached hydrogen (secondary N) is 1. The molecule has 0 saturated heterocycles.